The molecule has 0 bridgehead atoms. The fourth-order valence-electron chi connectivity index (χ4n) is 4.81. The van der Waals surface area contributed by atoms with Crippen molar-refractivity contribution in [3.05, 3.63) is 70.9 Å². The van der Waals surface area contributed by atoms with Crippen molar-refractivity contribution in [2.75, 3.05) is 18.0 Å². The Bertz CT molecular complexity index is 1010. The summed E-state index contributed by atoms with van der Waals surface area (Å²) >= 11 is 0. The van der Waals surface area contributed by atoms with E-state index in [4.69, 9.17) is 0 Å². The summed E-state index contributed by atoms with van der Waals surface area (Å²) in [6, 6.07) is 16.2. The van der Waals surface area contributed by atoms with Gasteiger partial charge in [-0.2, -0.15) is 0 Å². The molecule has 0 N–H and O–H groups in total. The Kier molecular flexibility index (Phi) is 7.09. The Morgan fingerprint density at radius 3 is 2.34 bits per heavy atom. The minimum atomic E-state index is -0.148. The summed E-state index contributed by atoms with van der Waals surface area (Å²) in [7, 11) is 0. The zero-order valence-electron chi connectivity index (χ0n) is 19.4. The molecule has 2 aliphatic rings. The quantitative estimate of drug-likeness (QED) is 0.368. The van der Waals surface area contributed by atoms with Gasteiger partial charge in [0, 0.05) is 18.8 Å². The van der Waals surface area contributed by atoms with Crippen molar-refractivity contribution >= 4 is 23.1 Å². The Labute approximate surface area is 191 Å². The lowest BCUT2D eigenvalue weighted by Gasteiger charge is -2.32. The van der Waals surface area contributed by atoms with E-state index in [0.717, 1.165) is 55.5 Å². The number of carbonyl (C=O) groups excluding carboxylic acids is 2. The number of hydrogen-bond acceptors (Lipinski definition) is 3. The second-order valence-corrected chi connectivity index (χ2v) is 9.00. The van der Waals surface area contributed by atoms with Crippen LogP contribution in [0.25, 0.3) is 5.57 Å². The predicted molar refractivity (Wildman–Crippen MR) is 130 cm³/mol. The van der Waals surface area contributed by atoms with E-state index in [0.29, 0.717) is 17.8 Å². The van der Waals surface area contributed by atoms with Gasteiger partial charge in [-0.1, -0.05) is 87.1 Å². The van der Waals surface area contributed by atoms with Crippen molar-refractivity contribution in [1.29, 1.82) is 0 Å². The van der Waals surface area contributed by atoms with Crippen molar-refractivity contribution in [3.8, 4) is 0 Å². The molecule has 4 nitrogen and oxygen atoms in total. The van der Waals surface area contributed by atoms with E-state index in [-0.39, 0.29) is 11.8 Å². The molecule has 2 amide bonds. The zero-order chi connectivity index (χ0) is 22.5. The van der Waals surface area contributed by atoms with Crippen LogP contribution in [-0.2, 0) is 16.0 Å². The molecule has 4 rings (SSSR count). The second-order valence-electron chi connectivity index (χ2n) is 9.00. The maximum Gasteiger partial charge on any atom is 0.278 e. The first-order valence-corrected chi connectivity index (χ1v) is 12.1. The summed E-state index contributed by atoms with van der Waals surface area (Å²) in [6.45, 7) is 5.50. The lowest BCUT2D eigenvalue weighted by Crippen LogP contribution is -2.37. The van der Waals surface area contributed by atoms with Crippen molar-refractivity contribution in [2.45, 2.75) is 65.2 Å². The number of hydrogen-bond donors (Lipinski definition) is 0. The van der Waals surface area contributed by atoms with Crippen LogP contribution in [0, 0.1) is 6.92 Å². The standard InChI is InChI=1S/C28H34N2O2/c1-3-4-5-6-7-10-19-30-27(31)25(23-17-15-21(2)16-18-23)26(28(30)32)29-20-11-13-22-12-8-9-14-24(22)29/h8-9,12,14-18H,3-7,10-11,13,19-20H2,1-2H3. The van der Waals surface area contributed by atoms with E-state index in [1.54, 1.807) is 0 Å². The molecule has 2 aromatic rings. The number of fused-ring (bicyclic) bond motifs is 1. The highest BCUT2D eigenvalue weighted by molar-refractivity contribution is 6.36. The Morgan fingerprint density at radius 2 is 1.56 bits per heavy atom. The van der Waals surface area contributed by atoms with Crippen LogP contribution >= 0.6 is 0 Å². The average Bonchev–Trinajstić information content (AvgIpc) is 3.06. The van der Waals surface area contributed by atoms with Gasteiger partial charge in [-0.15, -0.1) is 0 Å². The van der Waals surface area contributed by atoms with Crippen LogP contribution in [0.5, 0.6) is 0 Å². The third kappa shape index (κ3) is 4.50. The van der Waals surface area contributed by atoms with Gasteiger partial charge < -0.3 is 4.90 Å². The highest BCUT2D eigenvalue weighted by atomic mass is 16.2. The number of aryl methyl sites for hydroxylation is 2. The number of rotatable bonds is 9. The van der Waals surface area contributed by atoms with Crippen LogP contribution in [0.1, 0.15) is 68.6 Å². The number of carbonyl (C=O) groups is 2. The van der Waals surface area contributed by atoms with Gasteiger partial charge in [0.05, 0.1) is 5.57 Å². The van der Waals surface area contributed by atoms with E-state index in [1.165, 1.54) is 29.7 Å². The number of para-hydroxylation sites is 1. The summed E-state index contributed by atoms with van der Waals surface area (Å²) in [5, 5.41) is 0. The molecule has 0 atom stereocenters. The molecule has 32 heavy (non-hydrogen) atoms. The summed E-state index contributed by atoms with van der Waals surface area (Å²) in [4.78, 5) is 30.8. The number of benzene rings is 2. The lowest BCUT2D eigenvalue weighted by molar-refractivity contribution is -0.137. The molecule has 4 heteroatoms. The fourth-order valence-corrected chi connectivity index (χ4v) is 4.81. The van der Waals surface area contributed by atoms with Crippen LogP contribution in [-0.4, -0.2) is 29.8 Å². The summed E-state index contributed by atoms with van der Waals surface area (Å²) in [6.07, 6.45) is 8.75. The van der Waals surface area contributed by atoms with Gasteiger partial charge in [-0.3, -0.25) is 14.5 Å². The molecule has 2 aliphatic heterocycles. The Morgan fingerprint density at radius 1 is 0.844 bits per heavy atom. The van der Waals surface area contributed by atoms with Crippen LogP contribution in [0.3, 0.4) is 0 Å². The SMILES string of the molecule is CCCCCCCCN1C(=O)C(c2ccc(C)cc2)=C(N2CCCc3ccccc32)C1=O. The summed E-state index contributed by atoms with van der Waals surface area (Å²) in [5.74, 6) is -0.290. The molecule has 2 heterocycles. The molecule has 0 aliphatic carbocycles. The molecule has 168 valence electrons. The average molecular weight is 431 g/mol. The number of amides is 2. The first kappa shape index (κ1) is 22.3. The highest BCUT2D eigenvalue weighted by Gasteiger charge is 2.42. The Balaban J connectivity index is 1.65. The normalized spacial score (nSPS) is 16.2. The van der Waals surface area contributed by atoms with Gasteiger partial charge >= 0.3 is 0 Å². The molecular weight excluding hydrogens is 396 g/mol. The summed E-state index contributed by atoms with van der Waals surface area (Å²) in [5.41, 5.74) is 5.37. The van der Waals surface area contributed by atoms with E-state index in [1.807, 2.05) is 43.3 Å². The maximum atomic E-state index is 13.6. The van der Waals surface area contributed by atoms with Crippen LogP contribution in [0.15, 0.2) is 54.2 Å². The van der Waals surface area contributed by atoms with Gasteiger partial charge in [0.15, 0.2) is 0 Å². The van der Waals surface area contributed by atoms with Gasteiger partial charge in [-0.25, -0.2) is 0 Å². The molecule has 0 saturated carbocycles. The second kappa shape index (κ2) is 10.2. The van der Waals surface area contributed by atoms with Crippen molar-refractivity contribution in [3.63, 3.8) is 0 Å². The number of anilines is 1. The molecule has 0 unspecified atom stereocenters. The van der Waals surface area contributed by atoms with Crippen LogP contribution < -0.4 is 4.90 Å². The smallest absolute Gasteiger partial charge is 0.278 e. The fraction of sp³-hybridized carbons (Fsp3) is 0.429. The van der Waals surface area contributed by atoms with Gasteiger partial charge in [0.1, 0.15) is 5.70 Å². The molecule has 0 radical (unpaired) electrons. The molecule has 2 aromatic carbocycles. The minimum Gasteiger partial charge on any atom is -0.336 e. The van der Waals surface area contributed by atoms with Crippen LogP contribution in [0.2, 0.25) is 0 Å². The van der Waals surface area contributed by atoms with Gasteiger partial charge in [-0.05, 0) is 43.4 Å². The maximum absolute atomic E-state index is 13.6. The number of nitrogens with zero attached hydrogens (tertiary/aromatic N) is 2. The number of unbranched alkanes of at least 4 members (excludes halogenated alkanes) is 5. The highest BCUT2D eigenvalue weighted by Crippen LogP contribution is 2.38. The molecular formula is C28H34N2O2. The van der Waals surface area contributed by atoms with Gasteiger partial charge in [0.25, 0.3) is 11.8 Å². The monoisotopic (exact) mass is 430 g/mol. The van der Waals surface area contributed by atoms with E-state index >= 15 is 0 Å². The third-order valence-corrected chi connectivity index (χ3v) is 6.60. The topological polar surface area (TPSA) is 40.6 Å². The Hall–Kier alpha value is -2.88. The largest absolute Gasteiger partial charge is 0.336 e. The predicted octanol–water partition coefficient (Wildman–Crippen LogP) is 5.89. The minimum absolute atomic E-state index is 0.143. The lowest BCUT2D eigenvalue weighted by atomic mass is 9.98. The molecule has 0 saturated heterocycles. The van der Waals surface area contributed by atoms with Crippen molar-refractivity contribution < 1.29 is 9.59 Å². The van der Waals surface area contributed by atoms with Crippen molar-refractivity contribution in [2.24, 2.45) is 0 Å². The van der Waals surface area contributed by atoms with E-state index in [2.05, 4.69) is 24.0 Å². The van der Waals surface area contributed by atoms with Crippen LogP contribution in [0.4, 0.5) is 5.69 Å². The number of imide groups is 1. The third-order valence-electron chi connectivity index (χ3n) is 6.60. The molecule has 0 spiro atoms. The summed E-state index contributed by atoms with van der Waals surface area (Å²) < 4.78 is 0. The first-order chi connectivity index (χ1) is 15.6. The van der Waals surface area contributed by atoms with E-state index in [9.17, 15) is 9.59 Å². The van der Waals surface area contributed by atoms with Gasteiger partial charge in [0.2, 0.25) is 0 Å². The molecule has 0 fully saturated rings. The zero-order valence-corrected chi connectivity index (χ0v) is 19.4. The molecule has 0 aromatic heterocycles. The van der Waals surface area contributed by atoms with E-state index < -0.39 is 0 Å². The first-order valence-electron chi connectivity index (χ1n) is 12.1. The van der Waals surface area contributed by atoms with Crippen molar-refractivity contribution in [1.82, 2.24) is 4.90 Å².